The van der Waals surface area contributed by atoms with Crippen LogP contribution < -0.4 is 5.32 Å². The van der Waals surface area contributed by atoms with Gasteiger partial charge in [0.15, 0.2) is 0 Å². The molecule has 2 aromatic carbocycles. The molecule has 100 valence electrons. The largest absolute Gasteiger partial charge is 0.322 e. The summed E-state index contributed by atoms with van der Waals surface area (Å²) >= 11 is 5.00. The molecule has 1 aromatic heterocycles. The molecule has 1 heterocycles. The number of hydrogen-bond acceptors (Lipinski definition) is 2. The third-order valence-electron chi connectivity index (χ3n) is 3.09. The maximum absolute atomic E-state index is 12.3. The van der Waals surface area contributed by atoms with E-state index in [9.17, 15) is 4.79 Å². The maximum atomic E-state index is 12.3. The van der Waals surface area contributed by atoms with Crippen LogP contribution in [0.15, 0.2) is 53.9 Å². The molecule has 4 heteroatoms. The van der Waals surface area contributed by atoms with Gasteiger partial charge in [0.05, 0.1) is 5.56 Å². The maximum Gasteiger partial charge on any atom is 0.257 e. The fourth-order valence-corrected chi connectivity index (χ4v) is 3.34. The standard InChI is InChI=1S/C16H12BrNOS/c17-9-11-5-7-12(8-6-11)18-16(19)14-10-20-15-4-2-1-3-13(14)15/h1-8,10H,9H2,(H,18,19). The van der Waals surface area contributed by atoms with E-state index in [4.69, 9.17) is 0 Å². The number of rotatable bonds is 3. The summed E-state index contributed by atoms with van der Waals surface area (Å²) in [6.45, 7) is 0. The van der Waals surface area contributed by atoms with Crippen LogP contribution in [0.25, 0.3) is 10.1 Å². The molecule has 0 fully saturated rings. The number of halogens is 1. The average Bonchev–Trinajstić information content (AvgIpc) is 2.92. The lowest BCUT2D eigenvalue weighted by molar-refractivity contribution is 0.102. The van der Waals surface area contributed by atoms with Gasteiger partial charge in [-0.15, -0.1) is 11.3 Å². The van der Waals surface area contributed by atoms with Gasteiger partial charge in [0, 0.05) is 26.5 Å². The first-order chi connectivity index (χ1) is 9.78. The molecule has 1 N–H and O–H groups in total. The lowest BCUT2D eigenvalue weighted by Crippen LogP contribution is -2.11. The van der Waals surface area contributed by atoms with E-state index < -0.39 is 0 Å². The van der Waals surface area contributed by atoms with E-state index in [2.05, 4.69) is 21.2 Å². The highest BCUT2D eigenvalue weighted by Gasteiger charge is 2.11. The highest BCUT2D eigenvalue weighted by molar-refractivity contribution is 9.08. The van der Waals surface area contributed by atoms with Gasteiger partial charge in [-0.05, 0) is 23.8 Å². The van der Waals surface area contributed by atoms with Crippen LogP contribution in [0.5, 0.6) is 0 Å². The number of fused-ring (bicyclic) bond motifs is 1. The quantitative estimate of drug-likeness (QED) is 0.661. The number of benzene rings is 2. The predicted molar refractivity (Wildman–Crippen MR) is 88.9 cm³/mol. The van der Waals surface area contributed by atoms with Gasteiger partial charge in [0.25, 0.3) is 5.91 Å². The van der Waals surface area contributed by atoms with Crippen LogP contribution in [0, 0.1) is 0 Å². The van der Waals surface area contributed by atoms with Gasteiger partial charge in [-0.2, -0.15) is 0 Å². The van der Waals surface area contributed by atoms with E-state index in [-0.39, 0.29) is 5.91 Å². The van der Waals surface area contributed by atoms with Crippen LogP contribution in [0.2, 0.25) is 0 Å². The van der Waals surface area contributed by atoms with Crippen LogP contribution in [0.1, 0.15) is 15.9 Å². The molecule has 0 bridgehead atoms. The zero-order chi connectivity index (χ0) is 13.9. The molecule has 3 aromatic rings. The molecule has 0 aliphatic heterocycles. The summed E-state index contributed by atoms with van der Waals surface area (Å²) in [5.41, 5.74) is 2.73. The van der Waals surface area contributed by atoms with Crippen molar-refractivity contribution >= 4 is 48.9 Å². The van der Waals surface area contributed by atoms with Crippen molar-refractivity contribution in [2.75, 3.05) is 5.32 Å². The number of nitrogens with one attached hydrogen (secondary N) is 1. The Bertz CT molecular complexity index is 749. The van der Waals surface area contributed by atoms with Gasteiger partial charge in [-0.25, -0.2) is 0 Å². The van der Waals surface area contributed by atoms with Crippen molar-refractivity contribution in [2.45, 2.75) is 5.33 Å². The molecule has 0 spiro atoms. The number of carbonyl (C=O) groups is 1. The van der Waals surface area contributed by atoms with E-state index in [1.54, 1.807) is 11.3 Å². The highest BCUT2D eigenvalue weighted by Crippen LogP contribution is 2.26. The molecular weight excluding hydrogens is 334 g/mol. The van der Waals surface area contributed by atoms with Crippen molar-refractivity contribution in [3.8, 4) is 0 Å². The SMILES string of the molecule is O=C(Nc1ccc(CBr)cc1)c1csc2ccccc12. The van der Waals surface area contributed by atoms with Gasteiger partial charge in [-0.3, -0.25) is 4.79 Å². The van der Waals surface area contributed by atoms with Crippen molar-refractivity contribution in [1.82, 2.24) is 0 Å². The smallest absolute Gasteiger partial charge is 0.257 e. The first kappa shape index (κ1) is 13.3. The number of alkyl halides is 1. The van der Waals surface area contributed by atoms with E-state index in [0.29, 0.717) is 0 Å². The van der Waals surface area contributed by atoms with Crippen molar-refractivity contribution in [3.63, 3.8) is 0 Å². The molecule has 3 rings (SSSR count). The molecule has 0 unspecified atom stereocenters. The van der Waals surface area contributed by atoms with Crippen LogP contribution in [-0.4, -0.2) is 5.91 Å². The summed E-state index contributed by atoms with van der Waals surface area (Å²) in [7, 11) is 0. The predicted octanol–water partition coefficient (Wildman–Crippen LogP) is 5.05. The molecule has 2 nitrogen and oxygen atoms in total. The molecule has 0 aliphatic carbocycles. The van der Waals surface area contributed by atoms with E-state index in [0.717, 1.165) is 26.7 Å². The van der Waals surface area contributed by atoms with Crippen molar-refractivity contribution in [1.29, 1.82) is 0 Å². The molecule has 0 radical (unpaired) electrons. The van der Waals surface area contributed by atoms with Gasteiger partial charge in [0.1, 0.15) is 0 Å². The Morgan fingerprint density at radius 1 is 1.10 bits per heavy atom. The molecule has 20 heavy (non-hydrogen) atoms. The number of amides is 1. The molecule has 0 aliphatic rings. The van der Waals surface area contributed by atoms with Gasteiger partial charge >= 0.3 is 0 Å². The monoisotopic (exact) mass is 345 g/mol. The Morgan fingerprint density at radius 3 is 2.60 bits per heavy atom. The fourth-order valence-electron chi connectivity index (χ4n) is 2.03. The second kappa shape index (κ2) is 5.77. The number of thiophene rings is 1. The van der Waals surface area contributed by atoms with Crippen molar-refractivity contribution < 1.29 is 4.79 Å². The van der Waals surface area contributed by atoms with Crippen LogP contribution in [0.3, 0.4) is 0 Å². The van der Waals surface area contributed by atoms with E-state index in [1.807, 2.05) is 53.9 Å². The Labute approximate surface area is 129 Å². The molecule has 0 saturated carbocycles. The Hall–Kier alpha value is -1.65. The second-order valence-corrected chi connectivity index (χ2v) is 5.90. The number of carbonyl (C=O) groups excluding carboxylic acids is 1. The minimum Gasteiger partial charge on any atom is -0.322 e. The highest BCUT2D eigenvalue weighted by atomic mass is 79.9. The summed E-state index contributed by atoms with van der Waals surface area (Å²) < 4.78 is 1.13. The Balaban J connectivity index is 1.85. The van der Waals surface area contributed by atoms with Crippen LogP contribution in [0.4, 0.5) is 5.69 Å². The van der Waals surface area contributed by atoms with Gasteiger partial charge < -0.3 is 5.32 Å². The lowest BCUT2D eigenvalue weighted by Gasteiger charge is -2.05. The van der Waals surface area contributed by atoms with Crippen molar-refractivity contribution in [2.24, 2.45) is 0 Å². The third kappa shape index (κ3) is 2.62. The molecule has 0 atom stereocenters. The summed E-state index contributed by atoms with van der Waals surface area (Å²) in [4.78, 5) is 12.3. The molecule has 1 amide bonds. The normalized spacial score (nSPS) is 10.7. The minimum atomic E-state index is -0.0611. The zero-order valence-electron chi connectivity index (χ0n) is 10.6. The van der Waals surface area contributed by atoms with Crippen LogP contribution >= 0.6 is 27.3 Å². The van der Waals surface area contributed by atoms with E-state index >= 15 is 0 Å². The lowest BCUT2D eigenvalue weighted by atomic mass is 10.1. The zero-order valence-corrected chi connectivity index (χ0v) is 13.0. The summed E-state index contributed by atoms with van der Waals surface area (Å²) in [5.74, 6) is -0.0611. The summed E-state index contributed by atoms with van der Waals surface area (Å²) in [6.07, 6.45) is 0. The molecule has 0 saturated heterocycles. The number of anilines is 1. The Kier molecular flexibility index (Phi) is 3.85. The van der Waals surface area contributed by atoms with Gasteiger partial charge in [0.2, 0.25) is 0 Å². The average molecular weight is 346 g/mol. The topological polar surface area (TPSA) is 29.1 Å². The summed E-state index contributed by atoms with van der Waals surface area (Å²) in [6, 6.07) is 15.8. The minimum absolute atomic E-state index is 0.0611. The first-order valence-corrected chi connectivity index (χ1v) is 8.20. The van der Waals surface area contributed by atoms with Crippen molar-refractivity contribution in [3.05, 3.63) is 65.0 Å². The second-order valence-electron chi connectivity index (χ2n) is 4.43. The fraction of sp³-hybridized carbons (Fsp3) is 0.0625. The van der Waals surface area contributed by atoms with E-state index in [1.165, 1.54) is 5.56 Å². The third-order valence-corrected chi connectivity index (χ3v) is 4.70. The number of hydrogen-bond donors (Lipinski definition) is 1. The molecular formula is C16H12BrNOS. The summed E-state index contributed by atoms with van der Waals surface area (Å²) in [5, 5.41) is 6.67. The van der Waals surface area contributed by atoms with Gasteiger partial charge in [-0.1, -0.05) is 46.3 Å². The first-order valence-electron chi connectivity index (χ1n) is 6.20. The van der Waals surface area contributed by atoms with Crippen LogP contribution in [-0.2, 0) is 5.33 Å². The Morgan fingerprint density at radius 2 is 1.85 bits per heavy atom.